The van der Waals surface area contributed by atoms with Crippen LogP contribution in [-0.2, 0) is 17.9 Å². The Kier molecular flexibility index (Phi) is 6.58. The predicted octanol–water partition coefficient (Wildman–Crippen LogP) is 3.64. The first-order valence-corrected chi connectivity index (χ1v) is 9.43. The molecule has 2 aromatic rings. The van der Waals surface area contributed by atoms with Gasteiger partial charge >= 0.3 is 0 Å². The van der Waals surface area contributed by atoms with Crippen LogP contribution >= 0.6 is 11.6 Å². The quantitative estimate of drug-likeness (QED) is 0.712. The first-order valence-electron chi connectivity index (χ1n) is 9.05. The number of halogens is 1. The Morgan fingerprint density at radius 1 is 1.15 bits per heavy atom. The summed E-state index contributed by atoms with van der Waals surface area (Å²) in [6, 6.07) is 13.7. The highest BCUT2D eigenvalue weighted by molar-refractivity contribution is 6.30. The molecule has 0 radical (unpaired) electrons. The maximum atomic E-state index is 12.5. The summed E-state index contributed by atoms with van der Waals surface area (Å²) in [6.45, 7) is 1.51. The molecule has 0 aromatic heterocycles. The largest absolute Gasteiger partial charge is 0.497 e. The van der Waals surface area contributed by atoms with E-state index in [0.29, 0.717) is 30.7 Å². The fourth-order valence-electron chi connectivity index (χ4n) is 3.02. The molecule has 1 saturated carbocycles. The average Bonchev–Trinajstić information content (AvgIpc) is 3.52. The fraction of sp³-hybridized carbons (Fsp3) is 0.381. The summed E-state index contributed by atoms with van der Waals surface area (Å²) in [5.41, 5.74) is 2.05. The molecule has 3 rings (SSSR count). The zero-order valence-electron chi connectivity index (χ0n) is 15.7. The summed E-state index contributed by atoms with van der Waals surface area (Å²) in [5, 5.41) is 3.68. The normalized spacial score (nSPS) is 13.5. The van der Waals surface area contributed by atoms with E-state index in [0.717, 1.165) is 35.5 Å². The van der Waals surface area contributed by atoms with Crippen LogP contribution in [0.25, 0.3) is 0 Å². The van der Waals surface area contributed by atoms with Crippen molar-refractivity contribution in [2.45, 2.75) is 32.0 Å². The zero-order chi connectivity index (χ0) is 19.2. The Labute approximate surface area is 165 Å². The van der Waals surface area contributed by atoms with Crippen LogP contribution in [0.1, 0.15) is 24.0 Å². The maximum absolute atomic E-state index is 12.5. The molecular formula is C21H25ClN2O3. The number of ether oxygens (including phenoxy) is 2. The van der Waals surface area contributed by atoms with Crippen molar-refractivity contribution in [1.29, 1.82) is 0 Å². The highest BCUT2D eigenvalue weighted by atomic mass is 35.5. The second kappa shape index (κ2) is 9.11. The van der Waals surface area contributed by atoms with Gasteiger partial charge in [0, 0.05) is 29.7 Å². The van der Waals surface area contributed by atoms with Gasteiger partial charge in [-0.05, 0) is 48.7 Å². The fourth-order valence-corrected chi connectivity index (χ4v) is 3.15. The van der Waals surface area contributed by atoms with E-state index in [4.69, 9.17) is 21.1 Å². The molecule has 1 fully saturated rings. The van der Waals surface area contributed by atoms with E-state index < -0.39 is 0 Å². The lowest BCUT2D eigenvalue weighted by Gasteiger charge is -2.23. The number of benzene rings is 2. The van der Waals surface area contributed by atoms with Crippen molar-refractivity contribution in [3.63, 3.8) is 0 Å². The summed E-state index contributed by atoms with van der Waals surface area (Å²) in [5.74, 6) is 1.61. The number of amides is 1. The second-order valence-corrected chi connectivity index (χ2v) is 7.15. The topological polar surface area (TPSA) is 50.8 Å². The van der Waals surface area contributed by atoms with Crippen LogP contribution in [0.15, 0.2) is 42.5 Å². The van der Waals surface area contributed by atoms with Gasteiger partial charge in [0.1, 0.15) is 11.5 Å². The lowest BCUT2D eigenvalue weighted by Crippen LogP contribution is -2.38. The van der Waals surface area contributed by atoms with Gasteiger partial charge in [-0.2, -0.15) is 0 Å². The summed E-state index contributed by atoms with van der Waals surface area (Å²) in [7, 11) is 3.31. The third-order valence-corrected chi connectivity index (χ3v) is 4.93. The van der Waals surface area contributed by atoms with Crippen LogP contribution in [0, 0.1) is 0 Å². The van der Waals surface area contributed by atoms with Gasteiger partial charge in [0.05, 0.1) is 20.8 Å². The second-order valence-electron chi connectivity index (χ2n) is 6.72. The smallest absolute Gasteiger partial charge is 0.234 e. The molecule has 0 atom stereocenters. The standard InChI is InChI=1S/C21H25ClN2O3/c1-26-19-9-10-20(27-2)16(11-19)13-24(18-7-8-18)14-21(25)23-12-15-3-5-17(22)6-4-15/h3-6,9-11,18H,7-8,12-14H2,1-2H3,(H,23,25). The van der Waals surface area contributed by atoms with Gasteiger partial charge in [-0.25, -0.2) is 0 Å². The van der Waals surface area contributed by atoms with Gasteiger partial charge in [0.15, 0.2) is 0 Å². The molecule has 1 aliphatic rings. The van der Waals surface area contributed by atoms with Crippen molar-refractivity contribution < 1.29 is 14.3 Å². The molecule has 144 valence electrons. The van der Waals surface area contributed by atoms with E-state index in [9.17, 15) is 4.79 Å². The first kappa shape index (κ1) is 19.5. The predicted molar refractivity (Wildman–Crippen MR) is 106 cm³/mol. The van der Waals surface area contributed by atoms with Gasteiger partial charge in [-0.3, -0.25) is 9.69 Å². The van der Waals surface area contributed by atoms with Crippen molar-refractivity contribution in [3.8, 4) is 11.5 Å². The summed E-state index contributed by atoms with van der Waals surface area (Å²) in [4.78, 5) is 14.7. The van der Waals surface area contributed by atoms with Gasteiger partial charge in [-0.1, -0.05) is 23.7 Å². The highest BCUT2D eigenvalue weighted by Crippen LogP contribution is 2.31. The monoisotopic (exact) mass is 388 g/mol. The molecule has 27 heavy (non-hydrogen) atoms. The molecule has 0 saturated heterocycles. The Hall–Kier alpha value is -2.24. The number of nitrogens with zero attached hydrogens (tertiary/aromatic N) is 1. The molecule has 0 bridgehead atoms. The molecule has 0 aliphatic heterocycles. The number of methoxy groups -OCH3 is 2. The number of carbonyl (C=O) groups excluding carboxylic acids is 1. The van der Waals surface area contributed by atoms with Crippen LogP contribution in [0.4, 0.5) is 0 Å². The molecule has 0 spiro atoms. The van der Waals surface area contributed by atoms with Crippen LogP contribution in [0.5, 0.6) is 11.5 Å². The third kappa shape index (κ3) is 5.62. The molecule has 1 N–H and O–H groups in total. The number of hydrogen-bond acceptors (Lipinski definition) is 4. The van der Waals surface area contributed by atoms with Gasteiger partial charge < -0.3 is 14.8 Å². The van der Waals surface area contributed by atoms with Gasteiger partial charge in [-0.15, -0.1) is 0 Å². The molecule has 2 aromatic carbocycles. The number of hydrogen-bond donors (Lipinski definition) is 1. The van der Waals surface area contributed by atoms with Gasteiger partial charge in [0.2, 0.25) is 5.91 Å². The first-order chi connectivity index (χ1) is 13.1. The minimum Gasteiger partial charge on any atom is -0.497 e. The Morgan fingerprint density at radius 2 is 1.89 bits per heavy atom. The Balaban J connectivity index is 1.61. The van der Waals surface area contributed by atoms with Crippen molar-refractivity contribution in [3.05, 3.63) is 58.6 Å². The summed E-state index contributed by atoms with van der Waals surface area (Å²) < 4.78 is 10.8. The lowest BCUT2D eigenvalue weighted by molar-refractivity contribution is -0.122. The Bertz CT molecular complexity index is 775. The third-order valence-electron chi connectivity index (χ3n) is 4.67. The van der Waals surface area contributed by atoms with Crippen molar-refractivity contribution in [1.82, 2.24) is 10.2 Å². The molecule has 1 amide bonds. The van der Waals surface area contributed by atoms with E-state index in [1.165, 1.54) is 0 Å². The minimum atomic E-state index is 0.0127. The number of nitrogens with one attached hydrogen (secondary N) is 1. The van der Waals surface area contributed by atoms with E-state index >= 15 is 0 Å². The van der Waals surface area contributed by atoms with E-state index in [1.54, 1.807) is 14.2 Å². The Morgan fingerprint density at radius 3 is 2.52 bits per heavy atom. The van der Waals surface area contributed by atoms with E-state index in [2.05, 4.69) is 10.2 Å². The lowest BCUT2D eigenvalue weighted by atomic mass is 10.1. The molecular weight excluding hydrogens is 364 g/mol. The summed E-state index contributed by atoms with van der Waals surface area (Å²) >= 11 is 5.90. The number of rotatable bonds is 9. The molecule has 6 heteroatoms. The highest BCUT2D eigenvalue weighted by Gasteiger charge is 2.31. The maximum Gasteiger partial charge on any atom is 0.234 e. The number of carbonyl (C=O) groups is 1. The molecule has 5 nitrogen and oxygen atoms in total. The van der Waals surface area contributed by atoms with Crippen LogP contribution in [0.2, 0.25) is 5.02 Å². The van der Waals surface area contributed by atoms with Crippen molar-refractivity contribution in [2.24, 2.45) is 0 Å². The van der Waals surface area contributed by atoms with Crippen LogP contribution < -0.4 is 14.8 Å². The zero-order valence-corrected chi connectivity index (χ0v) is 16.5. The molecule has 1 aliphatic carbocycles. The average molecular weight is 389 g/mol. The van der Waals surface area contributed by atoms with Crippen LogP contribution in [0.3, 0.4) is 0 Å². The van der Waals surface area contributed by atoms with Crippen molar-refractivity contribution >= 4 is 17.5 Å². The summed E-state index contributed by atoms with van der Waals surface area (Å²) in [6.07, 6.45) is 2.24. The molecule has 0 unspecified atom stereocenters. The van der Waals surface area contributed by atoms with E-state index in [1.807, 2.05) is 42.5 Å². The SMILES string of the molecule is COc1ccc(OC)c(CN(CC(=O)NCc2ccc(Cl)cc2)C2CC2)c1. The minimum absolute atomic E-state index is 0.0127. The van der Waals surface area contributed by atoms with Gasteiger partial charge in [0.25, 0.3) is 0 Å². The van der Waals surface area contributed by atoms with E-state index in [-0.39, 0.29) is 5.91 Å². The van der Waals surface area contributed by atoms with Crippen molar-refractivity contribution in [2.75, 3.05) is 20.8 Å². The van der Waals surface area contributed by atoms with Crippen LogP contribution in [-0.4, -0.2) is 37.6 Å². The molecule has 0 heterocycles.